The Kier molecular flexibility index (Phi) is 12.7. The van der Waals surface area contributed by atoms with Crippen molar-refractivity contribution in [2.24, 2.45) is 0 Å². The molecule has 0 unspecified atom stereocenters. The first-order valence-electron chi connectivity index (χ1n) is 9.96. The number of hydrogen-bond donors (Lipinski definition) is 1. The van der Waals surface area contributed by atoms with Crippen LogP contribution in [-0.4, -0.2) is 13.0 Å². The van der Waals surface area contributed by atoms with Gasteiger partial charge in [-0.3, -0.25) is 4.55 Å². The van der Waals surface area contributed by atoms with Crippen molar-refractivity contribution in [1.82, 2.24) is 0 Å². The third-order valence-corrected chi connectivity index (χ3v) is 5.59. The van der Waals surface area contributed by atoms with E-state index in [1.54, 1.807) is 12.1 Å². The maximum Gasteiger partial charge on any atom is 1.00 e. The van der Waals surface area contributed by atoms with Gasteiger partial charge in [0, 0.05) is 0 Å². The minimum Gasteiger partial charge on any atom is -0.871 e. The number of rotatable bonds is 12. The SMILES string of the molecule is CCCCCCCCCCc1ccc(Oc2cccc([O-])c2S(=O)(=O)O)cc1.[K+]. The van der Waals surface area contributed by atoms with Crippen LogP contribution in [0.1, 0.15) is 63.9 Å². The van der Waals surface area contributed by atoms with Crippen molar-refractivity contribution in [3.8, 4) is 17.2 Å². The average Bonchev–Trinajstić information content (AvgIpc) is 2.64. The van der Waals surface area contributed by atoms with E-state index < -0.39 is 20.8 Å². The number of aryl methyl sites for hydroxylation is 1. The zero-order valence-corrected chi connectivity index (χ0v) is 21.3. The van der Waals surface area contributed by atoms with Crippen molar-refractivity contribution < 1.29 is 74.2 Å². The molecule has 0 aliphatic rings. The molecule has 0 heterocycles. The van der Waals surface area contributed by atoms with Crippen LogP contribution in [0.25, 0.3) is 0 Å². The molecule has 154 valence electrons. The largest absolute Gasteiger partial charge is 1.00 e. The fourth-order valence-electron chi connectivity index (χ4n) is 3.14. The summed E-state index contributed by atoms with van der Waals surface area (Å²) >= 11 is 0. The molecule has 0 atom stereocenters. The molecule has 0 amide bonds. The van der Waals surface area contributed by atoms with E-state index in [-0.39, 0.29) is 57.1 Å². The summed E-state index contributed by atoms with van der Waals surface area (Å²) in [5.74, 6) is -0.563. The fraction of sp³-hybridized carbons (Fsp3) is 0.455. The van der Waals surface area contributed by atoms with Crippen LogP contribution in [0.2, 0.25) is 0 Å². The van der Waals surface area contributed by atoms with Crippen LogP contribution in [0.5, 0.6) is 17.2 Å². The van der Waals surface area contributed by atoms with Gasteiger partial charge in [-0.15, -0.1) is 0 Å². The summed E-state index contributed by atoms with van der Waals surface area (Å²) in [6, 6.07) is 11.2. The van der Waals surface area contributed by atoms with Crippen LogP contribution < -0.4 is 61.2 Å². The van der Waals surface area contributed by atoms with E-state index >= 15 is 0 Å². The van der Waals surface area contributed by atoms with Crippen molar-refractivity contribution in [3.63, 3.8) is 0 Å². The summed E-state index contributed by atoms with van der Waals surface area (Å²) in [5.41, 5.74) is 1.19. The van der Waals surface area contributed by atoms with E-state index in [0.29, 0.717) is 5.75 Å². The van der Waals surface area contributed by atoms with Gasteiger partial charge < -0.3 is 9.84 Å². The molecule has 2 rings (SSSR count). The molecular formula is C22H29KO5S. The third-order valence-electron chi connectivity index (χ3n) is 4.67. The molecule has 29 heavy (non-hydrogen) atoms. The smallest absolute Gasteiger partial charge is 0.871 e. The Morgan fingerprint density at radius 3 is 2.07 bits per heavy atom. The minimum absolute atomic E-state index is 0. The first kappa shape index (κ1) is 26.6. The van der Waals surface area contributed by atoms with E-state index in [1.165, 1.54) is 62.6 Å². The van der Waals surface area contributed by atoms with Gasteiger partial charge in [0.15, 0.2) is 0 Å². The Bertz CT molecular complexity index is 835. The van der Waals surface area contributed by atoms with Crippen LogP contribution in [0.15, 0.2) is 47.4 Å². The Morgan fingerprint density at radius 1 is 0.897 bits per heavy atom. The zero-order chi connectivity index (χ0) is 20.4. The molecule has 7 heteroatoms. The topological polar surface area (TPSA) is 86.7 Å². The molecule has 0 bridgehead atoms. The number of ether oxygens (including phenoxy) is 1. The second kappa shape index (κ2) is 13.8. The van der Waals surface area contributed by atoms with Crippen molar-refractivity contribution in [1.29, 1.82) is 0 Å². The van der Waals surface area contributed by atoms with Crippen molar-refractivity contribution >= 4 is 10.1 Å². The standard InChI is InChI=1S/C22H30O5S.K/c1-2-3-4-5-6-7-8-9-11-18-14-16-19(17-15-18)27-21-13-10-12-20(23)22(21)28(24,25)26;/h10,12-17,23H,2-9,11H2,1H3,(H,24,25,26);/q;+1/p-1. The predicted octanol–water partition coefficient (Wildman–Crippen LogP) is 2.49. The molecule has 0 saturated carbocycles. The monoisotopic (exact) mass is 444 g/mol. The quantitative estimate of drug-likeness (QED) is 0.309. The van der Waals surface area contributed by atoms with Gasteiger partial charge >= 0.3 is 51.4 Å². The Balaban J connectivity index is 0.00000420. The third kappa shape index (κ3) is 9.51. The molecule has 0 fully saturated rings. The maximum atomic E-state index is 11.8. The zero-order valence-electron chi connectivity index (χ0n) is 17.4. The van der Waals surface area contributed by atoms with E-state index in [9.17, 15) is 18.1 Å². The van der Waals surface area contributed by atoms with E-state index in [0.717, 1.165) is 18.9 Å². The molecule has 0 radical (unpaired) electrons. The van der Waals surface area contributed by atoms with Crippen LogP contribution >= 0.6 is 0 Å². The van der Waals surface area contributed by atoms with Gasteiger partial charge in [-0.1, -0.05) is 81.9 Å². The number of unbranched alkanes of at least 4 members (excludes halogenated alkanes) is 7. The summed E-state index contributed by atoms with van der Waals surface area (Å²) < 4.78 is 37.7. The molecule has 2 aromatic rings. The molecule has 0 spiro atoms. The van der Waals surface area contributed by atoms with Gasteiger partial charge in [-0.2, -0.15) is 8.42 Å². The molecule has 0 aromatic heterocycles. The second-order valence-electron chi connectivity index (χ2n) is 7.03. The Labute approximate surface area is 217 Å². The van der Waals surface area contributed by atoms with Gasteiger partial charge in [-0.05, 0) is 36.6 Å². The van der Waals surface area contributed by atoms with Crippen molar-refractivity contribution in [3.05, 3.63) is 48.0 Å². The summed E-state index contributed by atoms with van der Waals surface area (Å²) in [5, 5.41) is 11.8. The maximum absolute atomic E-state index is 11.8. The Hall–Kier alpha value is -0.414. The number of hydrogen-bond acceptors (Lipinski definition) is 4. The first-order chi connectivity index (χ1) is 13.4. The van der Waals surface area contributed by atoms with E-state index in [4.69, 9.17) is 4.74 Å². The second-order valence-corrected chi connectivity index (χ2v) is 8.39. The molecule has 0 aliphatic carbocycles. The van der Waals surface area contributed by atoms with Crippen LogP contribution in [0.3, 0.4) is 0 Å². The van der Waals surface area contributed by atoms with Gasteiger partial charge in [0.1, 0.15) is 16.4 Å². The van der Waals surface area contributed by atoms with E-state index in [1.807, 2.05) is 12.1 Å². The minimum atomic E-state index is -4.66. The molecule has 0 aliphatic heterocycles. The van der Waals surface area contributed by atoms with Gasteiger partial charge in [0.2, 0.25) is 0 Å². The summed E-state index contributed by atoms with van der Waals surface area (Å²) in [6.45, 7) is 2.23. The van der Waals surface area contributed by atoms with Gasteiger partial charge in [-0.25, -0.2) is 0 Å². The van der Waals surface area contributed by atoms with Crippen molar-refractivity contribution in [2.75, 3.05) is 0 Å². The van der Waals surface area contributed by atoms with Crippen LogP contribution in [0.4, 0.5) is 0 Å². The predicted molar refractivity (Wildman–Crippen MR) is 109 cm³/mol. The van der Waals surface area contributed by atoms with E-state index in [2.05, 4.69) is 6.92 Å². The number of benzene rings is 2. The molecule has 0 saturated heterocycles. The molecule has 2 aromatic carbocycles. The normalized spacial score (nSPS) is 11.1. The summed E-state index contributed by atoms with van der Waals surface area (Å²) in [7, 11) is -4.66. The van der Waals surface area contributed by atoms with Gasteiger partial charge in [0.05, 0.1) is 0 Å². The molecular weight excluding hydrogens is 415 g/mol. The van der Waals surface area contributed by atoms with Gasteiger partial charge in [0.25, 0.3) is 10.1 Å². The average molecular weight is 445 g/mol. The van der Waals surface area contributed by atoms with Crippen LogP contribution in [0, 0.1) is 0 Å². The van der Waals surface area contributed by atoms with Crippen molar-refractivity contribution in [2.45, 2.75) is 69.6 Å². The van der Waals surface area contributed by atoms with Crippen LogP contribution in [-0.2, 0) is 16.5 Å². The molecule has 1 N–H and O–H groups in total. The Morgan fingerprint density at radius 2 is 1.48 bits per heavy atom. The molecule has 5 nitrogen and oxygen atoms in total. The summed E-state index contributed by atoms with van der Waals surface area (Å²) in [4.78, 5) is -0.738. The fourth-order valence-corrected chi connectivity index (χ4v) is 3.83. The first-order valence-corrected chi connectivity index (χ1v) is 11.4. The summed E-state index contributed by atoms with van der Waals surface area (Å²) in [6.07, 6.45) is 11.2.